The number of halogens is 3. The highest BCUT2D eigenvalue weighted by Crippen LogP contribution is 2.21. The monoisotopic (exact) mass is 233 g/mol. The Balaban J connectivity index is 3.06. The third-order valence-corrected chi connectivity index (χ3v) is 2.19. The molecule has 3 nitrogen and oxygen atoms in total. The largest absolute Gasteiger partial charge is 0.307 e. The van der Waals surface area contributed by atoms with Gasteiger partial charge in [-0.3, -0.25) is 11.3 Å². The van der Waals surface area contributed by atoms with Gasteiger partial charge in [-0.25, -0.2) is 13.2 Å². The normalized spacial score (nSPS) is 13.2. The van der Waals surface area contributed by atoms with Gasteiger partial charge in [-0.15, -0.1) is 0 Å². The molecule has 0 bridgehead atoms. The predicted octanol–water partition coefficient (Wildman–Crippen LogP) is 1.17. The summed E-state index contributed by atoms with van der Waals surface area (Å²) in [6, 6.07) is 1.47. The summed E-state index contributed by atoms with van der Waals surface area (Å²) in [5.41, 5.74) is 2.38. The Morgan fingerprint density at radius 2 is 1.88 bits per heavy atom. The third kappa shape index (κ3) is 2.72. The van der Waals surface area contributed by atoms with Crippen molar-refractivity contribution in [1.29, 1.82) is 0 Å². The second-order valence-electron chi connectivity index (χ2n) is 3.75. The van der Waals surface area contributed by atoms with Crippen LogP contribution < -0.4 is 11.3 Å². The van der Waals surface area contributed by atoms with Crippen LogP contribution in [0.3, 0.4) is 0 Å². The van der Waals surface area contributed by atoms with Gasteiger partial charge < -0.3 is 4.90 Å². The lowest BCUT2D eigenvalue weighted by Gasteiger charge is -2.21. The topological polar surface area (TPSA) is 41.3 Å². The molecule has 1 aromatic rings. The van der Waals surface area contributed by atoms with Gasteiger partial charge >= 0.3 is 0 Å². The fourth-order valence-electron chi connectivity index (χ4n) is 1.42. The molecule has 0 spiro atoms. The Labute approximate surface area is 92.0 Å². The SMILES string of the molecule is CN(C)CC(NN)c1ccc(F)c(F)c1F. The van der Waals surface area contributed by atoms with Gasteiger partial charge in [0.15, 0.2) is 17.5 Å². The van der Waals surface area contributed by atoms with Crippen molar-refractivity contribution in [2.24, 2.45) is 5.84 Å². The van der Waals surface area contributed by atoms with E-state index in [0.717, 1.165) is 6.07 Å². The van der Waals surface area contributed by atoms with E-state index in [1.165, 1.54) is 6.07 Å². The molecule has 0 radical (unpaired) electrons. The van der Waals surface area contributed by atoms with E-state index in [-0.39, 0.29) is 5.56 Å². The Morgan fingerprint density at radius 3 is 2.38 bits per heavy atom. The van der Waals surface area contributed by atoms with E-state index in [1.54, 1.807) is 19.0 Å². The fourth-order valence-corrected chi connectivity index (χ4v) is 1.42. The maximum absolute atomic E-state index is 13.4. The molecule has 0 aliphatic carbocycles. The van der Waals surface area contributed by atoms with Gasteiger partial charge in [0.05, 0.1) is 6.04 Å². The quantitative estimate of drug-likeness (QED) is 0.466. The zero-order valence-electron chi connectivity index (χ0n) is 9.10. The molecule has 6 heteroatoms. The molecule has 1 aromatic carbocycles. The number of benzene rings is 1. The molecule has 0 heterocycles. The van der Waals surface area contributed by atoms with Crippen molar-refractivity contribution in [1.82, 2.24) is 10.3 Å². The molecule has 0 saturated carbocycles. The number of hydrazine groups is 1. The number of nitrogens with one attached hydrogen (secondary N) is 1. The smallest absolute Gasteiger partial charge is 0.194 e. The van der Waals surface area contributed by atoms with E-state index in [1.807, 2.05) is 0 Å². The summed E-state index contributed by atoms with van der Waals surface area (Å²) in [6.07, 6.45) is 0. The summed E-state index contributed by atoms with van der Waals surface area (Å²) < 4.78 is 39.1. The van der Waals surface area contributed by atoms with Crippen molar-refractivity contribution >= 4 is 0 Å². The average molecular weight is 233 g/mol. The minimum absolute atomic E-state index is 0.00935. The second kappa shape index (κ2) is 5.29. The van der Waals surface area contributed by atoms with Crippen LogP contribution in [0.1, 0.15) is 11.6 Å². The molecule has 90 valence electrons. The summed E-state index contributed by atoms with van der Waals surface area (Å²) in [6.45, 7) is 0.374. The predicted molar refractivity (Wildman–Crippen MR) is 54.9 cm³/mol. The Bertz CT molecular complexity index is 369. The Morgan fingerprint density at radius 1 is 1.25 bits per heavy atom. The zero-order chi connectivity index (χ0) is 12.3. The lowest BCUT2D eigenvalue weighted by Crippen LogP contribution is -2.36. The van der Waals surface area contributed by atoms with Crippen LogP contribution >= 0.6 is 0 Å². The molecule has 16 heavy (non-hydrogen) atoms. The van der Waals surface area contributed by atoms with Crippen molar-refractivity contribution in [3.8, 4) is 0 Å². The van der Waals surface area contributed by atoms with Crippen LogP contribution in [-0.2, 0) is 0 Å². The second-order valence-corrected chi connectivity index (χ2v) is 3.75. The molecule has 0 fully saturated rings. The van der Waals surface area contributed by atoms with Gasteiger partial charge in [0.25, 0.3) is 0 Å². The first-order valence-corrected chi connectivity index (χ1v) is 4.71. The van der Waals surface area contributed by atoms with Crippen molar-refractivity contribution in [3.63, 3.8) is 0 Å². The van der Waals surface area contributed by atoms with Crippen molar-refractivity contribution < 1.29 is 13.2 Å². The van der Waals surface area contributed by atoms with E-state index in [2.05, 4.69) is 5.43 Å². The summed E-state index contributed by atoms with van der Waals surface area (Å²) in [7, 11) is 3.53. The van der Waals surface area contributed by atoms with Crippen molar-refractivity contribution in [2.45, 2.75) is 6.04 Å². The minimum Gasteiger partial charge on any atom is -0.307 e. The highest BCUT2D eigenvalue weighted by molar-refractivity contribution is 5.23. The summed E-state index contributed by atoms with van der Waals surface area (Å²) >= 11 is 0. The van der Waals surface area contributed by atoms with Crippen LogP contribution in [0.4, 0.5) is 13.2 Å². The number of nitrogens with two attached hydrogens (primary N) is 1. The van der Waals surface area contributed by atoms with Crippen LogP contribution in [0.2, 0.25) is 0 Å². The van der Waals surface area contributed by atoms with Crippen LogP contribution in [0.5, 0.6) is 0 Å². The van der Waals surface area contributed by atoms with Crippen LogP contribution in [0.25, 0.3) is 0 Å². The molecule has 0 aliphatic rings. The maximum Gasteiger partial charge on any atom is 0.194 e. The minimum atomic E-state index is -1.48. The Kier molecular flexibility index (Phi) is 4.28. The Hall–Kier alpha value is -1.11. The number of hydrogen-bond donors (Lipinski definition) is 2. The first-order valence-electron chi connectivity index (χ1n) is 4.71. The molecule has 0 saturated heterocycles. The standard InChI is InChI=1S/C10H14F3N3/c1-16(2)5-8(15-14)6-3-4-7(11)10(13)9(6)12/h3-4,8,15H,5,14H2,1-2H3. The summed E-state index contributed by atoms with van der Waals surface area (Å²) in [5, 5.41) is 0. The average Bonchev–Trinajstić information content (AvgIpc) is 2.23. The zero-order valence-corrected chi connectivity index (χ0v) is 9.10. The molecule has 3 N–H and O–H groups in total. The summed E-state index contributed by atoms with van der Waals surface area (Å²) in [4.78, 5) is 1.76. The van der Waals surface area contributed by atoms with E-state index in [0.29, 0.717) is 6.54 Å². The van der Waals surface area contributed by atoms with Gasteiger partial charge in [-0.05, 0) is 20.2 Å². The van der Waals surface area contributed by atoms with E-state index in [9.17, 15) is 13.2 Å². The highest BCUT2D eigenvalue weighted by Gasteiger charge is 2.20. The fraction of sp³-hybridized carbons (Fsp3) is 0.400. The number of nitrogens with zero attached hydrogens (tertiary/aromatic N) is 1. The first kappa shape index (κ1) is 13.0. The molecule has 0 amide bonds. The lowest BCUT2D eigenvalue weighted by atomic mass is 10.1. The van der Waals surface area contributed by atoms with Gasteiger partial charge in [-0.2, -0.15) is 0 Å². The molecular formula is C10H14F3N3. The van der Waals surface area contributed by atoms with Crippen LogP contribution in [-0.4, -0.2) is 25.5 Å². The number of hydrogen-bond acceptors (Lipinski definition) is 3. The first-order chi connectivity index (χ1) is 7.47. The van der Waals surface area contributed by atoms with Gasteiger partial charge in [-0.1, -0.05) is 6.07 Å². The molecular weight excluding hydrogens is 219 g/mol. The van der Waals surface area contributed by atoms with Gasteiger partial charge in [0.1, 0.15) is 0 Å². The number of rotatable bonds is 4. The van der Waals surface area contributed by atoms with Crippen molar-refractivity contribution in [2.75, 3.05) is 20.6 Å². The maximum atomic E-state index is 13.4. The van der Waals surface area contributed by atoms with E-state index in [4.69, 9.17) is 5.84 Å². The summed E-state index contributed by atoms with van der Waals surface area (Å²) in [5.74, 6) is 1.36. The molecule has 1 rings (SSSR count). The molecule has 0 aliphatic heterocycles. The number of likely N-dealkylation sites (N-methyl/N-ethyl adjacent to an activating group) is 1. The van der Waals surface area contributed by atoms with Crippen molar-refractivity contribution in [3.05, 3.63) is 35.1 Å². The van der Waals surface area contributed by atoms with Gasteiger partial charge in [0.2, 0.25) is 0 Å². The molecule has 0 aromatic heterocycles. The molecule has 1 unspecified atom stereocenters. The molecule has 1 atom stereocenters. The van der Waals surface area contributed by atoms with Crippen LogP contribution in [0, 0.1) is 17.5 Å². The highest BCUT2D eigenvalue weighted by atomic mass is 19.2. The van der Waals surface area contributed by atoms with E-state index >= 15 is 0 Å². The third-order valence-electron chi connectivity index (χ3n) is 2.19. The van der Waals surface area contributed by atoms with E-state index < -0.39 is 23.5 Å². The van der Waals surface area contributed by atoms with Gasteiger partial charge in [0, 0.05) is 12.1 Å². The van der Waals surface area contributed by atoms with Crippen LogP contribution in [0.15, 0.2) is 12.1 Å². The lowest BCUT2D eigenvalue weighted by molar-refractivity contribution is 0.333.